The Labute approximate surface area is 158 Å². The van der Waals surface area contributed by atoms with Gasteiger partial charge in [-0.3, -0.25) is 9.69 Å². The molecule has 0 saturated carbocycles. The highest BCUT2D eigenvalue weighted by molar-refractivity contribution is 5.95. The van der Waals surface area contributed by atoms with E-state index in [1.807, 2.05) is 32.9 Å². The van der Waals surface area contributed by atoms with E-state index in [4.69, 9.17) is 0 Å². The van der Waals surface area contributed by atoms with Crippen molar-refractivity contribution in [1.82, 2.24) is 4.90 Å². The number of benzene rings is 2. The second-order valence-electron chi connectivity index (χ2n) is 7.05. The molecule has 0 bridgehead atoms. The van der Waals surface area contributed by atoms with E-state index < -0.39 is 17.8 Å². The van der Waals surface area contributed by atoms with E-state index in [9.17, 15) is 18.0 Å². The standard InChI is InChI=1S/C21H25F3N2O/c1-13-10-14(2)19(15(3)11-13)25-20(27)16(4)26(5)12-17-6-8-18(9-7-17)21(22,23)24/h6-11,16H,12H2,1-5H3,(H,25,27)/t16-/m0/s1. The average Bonchev–Trinajstić information content (AvgIpc) is 2.56. The molecule has 0 fully saturated rings. The molecule has 0 aliphatic carbocycles. The molecule has 1 amide bonds. The molecular formula is C21H25F3N2O. The number of aryl methyl sites for hydroxylation is 3. The molecule has 2 rings (SSSR count). The second-order valence-corrected chi connectivity index (χ2v) is 7.05. The predicted octanol–water partition coefficient (Wildman–Crippen LogP) is 5.09. The first-order valence-corrected chi connectivity index (χ1v) is 8.74. The number of halogens is 3. The number of alkyl halides is 3. The van der Waals surface area contributed by atoms with Crippen molar-refractivity contribution in [2.45, 2.75) is 46.5 Å². The molecule has 27 heavy (non-hydrogen) atoms. The zero-order valence-corrected chi connectivity index (χ0v) is 16.2. The van der Waals surface area contributed by atoms with Gasteiger partial charge in [0.2, 0.25) is 5.91 Å². The van der Waals surface area contributed by atoms with Crippen molar-refractivity contribution in [3.8, 4) is 0 Å². The van der Waals surface area contributed by atoms with Crippen LogP contribution in [0.15, 0.2) is 36.4 Å². The summed E-state index contributed by atoms with van der Waals surface area (Å²) in [5.41, 5.74) is 3.98. The third kappa shape index (κ3) is 5.32. The van der Waals surface area contributed by atoms with Crippen molar-refractivity contribution in [3.05, 3.63) is 64.2 Å². The van der Waals surface area contributed by atoms with Crippen LogP contribution in [0.4, 0.5) is 18.9 Å². The van der Waals surface area contributed by atoms with E-state index in [-0.39, 0.29) is 5.91 Å². The van der Waals surface area contributed by atoms with E-state index in [2.05, 4.69) is 5.32 Å². The summed E-state index contributed by atoms with van der Waals surface area (Å²) in [6.07, 6.45) is -4.35. The summed E-state index contributed by atoms with van der Waals surface area (Å²) in [7, 11) is 1.77. The maximum atomic E-state index is 12.6. The third-order valence-corrected chi connectivity index (χ3v) is 4.68. The Morgan fingerprint density at radius 3 is 2.07 bits per heavy atom. The van der Waals surface area contributed by atoms with E-state index in [0.717, 1.165) is 34.5 Å². The van der Waals surface area contributed by atoms with Gasteiger partial charge in [0.05, 0.1) is 11.6 Å². The summed E-state index contributed by atoms with van der Waals surface area (Å²) >= 11 is 0. The van der Waals surface area contributed by atoms with Crippen LogP contribution in [-0.4, -0.2) is 23.9 Å². The summed E-state index contributed by atoms with van der Waals surface area (Å²) in [6, 6.07) is 8.60. The summed E-state index contributed by atoms with van der Waals surface area (Å²) in [5, 5.41) is 2.97. The van der Waals surface area contributed by atoms with Gasteiger partial charge in [-0.25, -0.2) is 0 Å². The molecule has 6 heteroatoms. The minimum atomic E-state index is -4.35. The lowest BCUT2D eigenvalue weighted by atomic mass is 10.0. The lowest BCUT2D eigenvalue weighted by Gasteiger charge is -2.25. The number of anilines is 1. The van der Waals surface area contributed by atoms with Crippen LogP contribution < -0.4 is 5.32 Å². The Kier molecular flexibility index (Phi) is 6.31. The molecule has 3 nitrogen and oxygen atoms in total. The summed E-state index contributed by atoms with van der Waals surface area (Å²) in [6.45, 7) is 8.06. The molecule has 2 aromatic rings. The fraction of sp³-hybridized carbons (Fsp3) is 0.381. The lowest BCUT2D eigenvalue weighted by Crippen LogP contribution is -2.39. The maximum absolute atomic E-state index is 12.6. The highest BCUT2D eigenvalue weighted by atomic mass is 19.4. The minimum absolute atomic E-state index is 0.153. The van der Waals surface area contributed by atoms with E-state index in [1.165, 1.54) is 12.1 Å². The Morgan fingerprint density at radius 1 is 1.07 bits per heavy atom. The normalized spacial score (nSPS) is 12.9. The quantitative estimate of drug-likeness (QED) is 0.786. The smallest absolute Gasteiger partial charge is 0.324 e. The van der Waals surface area contributed by atoms with Gasteiger partial charge in [-0.15, -0.1) is 0 Å². The van der Waals surface area contributed by atoms with Crippen molar-refractivity contribution in [3.63, 3.8) is 0 Å². The summed E-state index contributed by atoms with van der Waals surface area (Å²) in [5.74, 6) is -0.153. The number of likely N-dealkylation sites (N-methyl/N-ethyl adjacent to an activating group) is 1. The van der Waals surface area contributed by atoms with Crippen LogP contribution in [0.25, 0.3) is 0 Å². The number of rotatable bonds is 5. The molecule has 0 aliphatic heterocycles. The van der Waals surface area contributed by atoms with Gasteiger partial charge < -0.3 is 5.32 Å². The van der Waals surface area contributed by atoms with Gasteiger partial charge in [0.25, 0.3) is 0 Å². The van der Waals surface area contributed by atoms with E-state index >= 15 is 0 Å². The van der Waals surface area contributed by atoms with Gasteiger partial charge in [0.1, 0.15) is 0 Å². The highest BCUT2D eigenvalue weighted by Gasteiger charge is 2.30. The van der Waals surface area contributed by atoms with E-state index in [1.54, 1.807) is 18.9 Å². The maximum Gasteiger partial charge on any atom is 0.416 e. The molecule has 1 N–H and O–H groups in total. The van der Waals surface area contributed by atoms with Crippen LogP contribution in [0.3, 0.4) is 0 Å². The van der Waals surface area contributed by atoms with Crippen LogP contribution in [0.1, 0.15) is 34.7 Å². The molecule has 0 aliphatic rings. The number of nitrogens with one attached hydrogen (secondary N) is 1. The molecule has 0 aromatic heterocycles. The Morgan fingerprint density at radius 2 is 1.59 bits per heavy atom. The fourth-order valence-electron chi connectivity index (χ4n) is 3.03. The van der Waals surface area contributed by atoms with Crippen molar-refractivity contribution in [2.24, 2.45) is 0 Å². The second kappa shape index (κ2) is 8.13. The zero-order valence-electron chi connectivity index (χ0n) is 16.2. The number of hydrogen-bond donors (Lipinski definition) is 1. The summed E-state index contributed by atoms with van der Waals surface area (Å²) in [4.78, 5) is 14.4. The van der Waals surface area contributed by atoms with Crippen LogP contribution in [0.2, 0.25) is 0 Å². The molecular weight excluding hydrogens is 353 g/mol. The molecule has 0 radical (unpaired) electrons. The van der Waals surface area contributed by atoms with Gasteiger partial charge in [-0.1, -0.05) is 29.8 Å². The van der Waals surface area contributed by atoms with Crippen LogP contribution in [-0.2, 0) is 17.5 Å². The first-order chi connectivity index (χ1) is 12.5. The predicted molar refractivity (Wildman–Crippen MR) is 102 cm³/mol. The SMILES string of the molecule is Cc1cc(C)c(NC(=O)[C@H](C)N(C)Cc2ccc(C(F)(F)F)cc2)c(C)c1. The minimum Gasteiger partial charge on any atom is -0.324 e. The Hall–Kier alpha value is -2.34. The van der Waals surface area contributed by atoms with Crippen molar-refractivity contribution >= 4 is 11.6 Å². The van der Waals surface area contributed by atoms with Crippen LogP contribution >= 0.6 is 0 Å². The first kappa shape index (κ1) is 21.0. The number of amides is 1. The molecule has 146 valence electrons. The summed E-state index contributed by atoms with van der Waals surface area (Å²) < 4.78 is 37.9. The Balaban J connectivity index is 2.04. The van der Waals surface area contributed by atoms with Gasteiger partial charge in [0.15, 0.2) is 0 Å². The van der Waals surface area contributed by atoms with Crippen LogP contribution in [0, 0.1) is 20.8 Å². The molecule has 0 spiro atoms. The number of carbonyl (C=O) groups excluding carboxylic acids is 1. The largest absolute Gasteiger partial charge is 0.416 e. The fourth-order valence-corrected chi connectivity index (χ4v) is 3.03. The van der Waals surface area contributed by atoms with Crippen molar-refractivity contribution < 1.29 is 18.0 Å². The molecule has 0 unspecified atom stereocenters. The molecule has 2 aromatic carbocycles. The lowest BCUT2D eigenvalue weighted by molar-refractivity contribution is -0.137. The molecule has 0 heterocycles. The topological polar surface area (TPSA) is 32.3 Å². The van der Waals surface area contributed by atoms with Crippen molar-refractivity contribution in [1.29, 1.82) is 0 Å². The first-order valence-electron chi connectivity index (χ1n) is 8.74. The monoisotopic (exact) mass is 378 g/mol. The van der Waals surface area contributed by atoms with Gasteiger partial charge >= 0.3 is 6.18 Å². The Bertz CT molecular complexity index is 790. The number of carbonyl (C=O) groups is 1. The van der Waals surface area contributed by atoms with Gasteiger partial charge in [-0.05, 0) is 63.6 Å². The highest BCUT2D eigenvalue weighted by Crippen LogP contribution is 2.29. The number of nitrogens with zero attached hydrogens (tertiary/aromatic N) is 1. The van der Waals surface area contributed by atoms with Gasteiger partial charge in [-0.2, -0.15) is 13.2 Å². The van der Waals surface area contributed by atoms with E-state index in [0.29, 0.717) is 12.1 Å². The number of hydrogen-bond acceptors (Lipinski definition) is 2. The zero-order chi connectivity index (χ0) is 20.4. The van der Waals surface area contributed by atoms with Gasteiger partial charge in [0, 0.05) is 12.2 Å². The molecule has 1 atom stereocenters. The third-order valence-electron chi connectivity index (χ3n) is 4.68. The molecule has 0 saturated heterocycles. The van der Waals surface area contributed by atoms with Crippen LogP contribution in [0.5, 0.6) is 0 Å². The van der Waals surface area contributed by atoms with Crippen molar-refractivity contribution in [2.75, 3.05) is 12.4 Å². The average molecular weight is 378 g/mol.